The number of rotatable bonds is 1. The summed E-state index contributed by atoms with van der Waals surface area (Å²) < 4.78 is 5.21. The number of aliphatic hydroxyl groups excluding tert-OH is 2. The summed E-state index contributed by atoms with van der Waals surface area (Å²) in [5.41, 5.74) is -0.361. The number of hydrogen-bond donors (Lipinski definition) is 3. The number of hydrogen-bond acceptors (Lipinski definition) is 4. The fraction of sp³-hybridized carbons (Fsp3) is 0.769. The van der Waals surface area contributed by atoms with E-state index in [4.69, 9.17) is 4.74 Å². The molecule has 0 bridgehead atoms. The molecule has 1 aliphatic rings. The molecule has 3 N–H and O–H groups in total. The van der Waals surface area contributed by atoms with E-state index in [0.717, 1.165) is 0 Å². The summed E-state index contributed by atoms with van der Waals surface area (Å²) in [6, 6.07) is 0. The lowest BCUT2D eigenvalue weighted by atomic mass is 10.00. The highest BCUT2D eigenvalue weighted by atomic mass is 16.6. The summed E-state index contributed by atoms with van der Waals surface area (Å²) >= 11 is 0. The van der Waals surface area contributed by atoms with Gasteiger partial charge in [-0.1, -0.05) is 6.08 Å². The first-order chi connectivity index (χ1) is 8.26. The molecule has 3 unspecified atom stereocenters. The van der Waals surface area contributed by atoms with Gasteiger partial charge >= 0.3 is 6.09 Å². The van der Waals surface area contributed by atoms with Crippen LogP contribution in [0.15, 0.2) is 12.2 Å². The number of aliphatic hydroxyl groups is 2. The van der Waals surface area contributed by atoms with Crippen LogP contribution >= 0.6 is 0 Å². The van der Waals surface area contributed by atoms with Gasteiger partial charge in [0, 0.05) is 12.0 Å². The molecule has 1 amide bonds. The quantitative estimate of drug-likeness (QED) is 0.619. The first-order valence-electron chi connectivity index (χ1n) is 6.29. The lowest BCUT2D eigenvalue weighted by Gasteiger charge is -2.25. The normalized spacial score (nSPS) is 31.1. The number of carbonyl (C=O) groups is 1. The van der Waals surface area contributed by atoms with Crippen molar-refractivity contribution in [2.45, 2.75) is 63.9 Å². The highest BCUT2D eigenvalue weighted by Gasteiger charge is 2.22. The predicted molar refractivity (Wildman–Crippen MR) is 68.2 cm³/mol. The first-order valence-corrected chi connectivity index (χ1v) is 6.29. The van der Waals surface area contributed by atoms with Crippen molar-refractivity contribution in [3.05, 3.63) is 12.2 Å². The van der Waals surface area contributed by atoms with Crippen molar-refractivity contribution in [1.82, 2.24) is 5.32 Å². The Labute approximate surface area is 108 Å². The molecule has 1 aliphatic carbocycles. The van der Waals surface area contributed by atoms with E-state index in [9.17, 15) is 15.0 Å². The van der Waals surface area contributed by atoms with Crippen LogP contribution in [-0.4, -0.2) is 40.2 Å². The smallest absolute Gasteiger partial charge is 0.408 e. The van der Waals surface area contributed by atoms with Crippen molar-refractivity contribution in [2.75, 3.05) is 0 Å². The van der Waals surface area contributed by atoms with E-state index in [1.165, 1.54) is 0 Å². The van der Waals surface area contributed by atoms with Crippen molar-refractivity contribution >= 4 is 6.09 Å². The summed E-state index contributed by atoms with van der Waals surface area (Å²) in [5.74, 6) is 0. The molecular weight excluding hydrogens is 234 g/mol. The van der Waals surface area contributed by atoms with Crippen LogP contribution in [-0.2, 0) is 4.74 Å². The molecule has 0 aliphatic heterocycles. The molecule has 1 rings (SSSR count). The molecular formula is C13H23NO4. The maximum Gasteiger partial charge on any atom is 0.408 e. The number of nitrogens with one attached hydrogen (secondary N) is 1. The third-order valence-electron chi connectivity index (χ3n) is 2.58. The van der Waals surface area contributed by atoms with Crippen molar-refractivity contribution in [3.8, 4) is 0 Å². The highest BCUT2D eigenvalue weighted by Crippen LogP contribution is 2.16. The molecule has 0 heterocycles. The number of carbonyl (C=O) groups excluding carboxylic acids is 1. The van der Waals surface area contributed by atoms with Gasteiger partial charge in [-0.15, -0.1) is 0 Å². The van der Waals surface area contributed by atoms with E-state index in [1.807, 2.05) is 20.8 Å². The maximum atomic E-state index is 11.6. The molecule has 0 saturated carbocycles. The Bertz CT molecular complexity index is 309. The zero-order valence-electron chi connectivity index (χ0n) is 11.2. The van der Waals surface area contributed by atoms with Gasteiger partial charge in [0.25, 0.3) is 0 Å². The van der Waals surface area contributed by atoms with Gasteiger partial charge in [-0.25, -0.2) is 4.79 Å². The van der Waals surface area contributed by atoms with Crippen LogP contribution in [0.4, 0.5) is 4.79 Å². The Kier molecular flexibility index (Phi) is 5.16. The molecule has 0 aromatic rings. The first kappa shape index (κ1) is 15.0. The Morgan fingerprint density at radius 2 is 1.94 bits per heavy atom. The van der Waals surface area contributed by atoms with E-state index in [0.29, 0.717) is 19.3 Å². The average Bonchev–Trinajstić information content (AvgIpc) is 2.18. The Balaban J connectivity index is 2.55. The predicted octanol–water partition coefficient (Wildman–Crippen LogP) is 1.34. The van der Waals surface area contributed by atoms with E-state index < -0.39 is 24.4 Å². The van der Waals surface area contributed by atoms with Crippen LogP contribution in [0.5, 0.6) is 0 Å². The van der Waals surface area contributed by atoms with Crippen molar-refractivity contribution < 1.29 is 19.7 Å². The monoisotopic (exact) mass is 257 g/mol. The van der Waals surface area contributed by atoms with Crippen LogP contribution in [0.25, 0.3) is 0 Å². The van der Waals surface area contributed by atoms with Gasteiger partial charge in [-0.3, -0.25) is 0 Å². The van der Waals surface area contributed by atoms with Gasteiger partial charge in [0.2, 0.25) is 0 Å². The summed E-state index contributed by atoms with van der Waals surface area (Å²) in [4.78, 5) is 11.6. The molecule has 0 aromatic heterocycles. The molecule has 0 aromatic carbocycles. The second-order valence-electron chi connectivity index (χ2n) is 5.74. The minimum Gasteiger partial charge on any atom is -0.442 e. The fourth-order valence-electron chi connectivity index (χ4n) is 1.74. The molecule has 0 spiro atoms. The van der Waals surface area contributed by atoms with Crippen molar-refractivity contribution in [1.29, 1.82) is 0 Å². The SMILES string of the molecule is CC(C)(C)NC(=O)OC1/C=C/C(O)CCC(O)C1. The van der Waals surface area contributed by atoms with E-state index in [-0.39, 0.29) is 5.54 Å². The molecule has 5 nitrogen and oxygen atoms in total. The van der Waals surface area contributed by atoms with E-state index in [1.54, 1.807) is 12.2 Å². The van der Waals surface area contributed by atoms with E-state index in [2.05, 4.69) is 5.32 Å². The number of alkyl carbamates (subject to hydrolysis) is 1. The third kappa shape index (κ3) is 6.02. The lowest BCUT2D eigenvalue weighted by molar-refractivity contribution is 0.0572. The van der Waals surface area contributed by atoms with Crippen LogP contribution in [0.3, 0.4) is 0 Å². The Morgan fingerprint density at radius 3 is 2.56 bits per heavy atom. The molecule has 104 valence electrons. The fourth-order valence-corrected chi connectivity index (χ4v) is 1.74. The summed E-state index contributed by atoms with van der Waals surface area (Å²) in [6.07, 6.45) is 2.48. The standard InChI is InChI=1S/C13H23NO4/c1-13(2,3)14-12(17)18-11-7-6-9(15)4-5-10(16)8-11/h6-7,9-11,15-16H,4-5,8H2,1-3H3,(H,14,17)/b7-6+. The van der Waals surface area contributed by atoms with Gasteiger partial charge in [0.1, 0.15) is 6.10 Å². The van der Waals surface area contributed by atoms with Crippen molar-refractivity contribution in [2.24, 2.45) is 0 Å². The molecule has 3 atom stereocenters. The third-order valence-corrected chi connectivity index (χ3v) is 2.58. The summed E-state index contributed by atoms with van der Waals surface area (Å²) in [5, 5.41) is 21.9. The molecule has 0 saturated heterocycles. The summed E-state index contributed by atoms with van der Waals surface area (Å²) in [6.45, 7) is 5.59. The number of ether oxygens (including phenoxy) is 1. The zero-order valence-corrected chi connectivity index (χ0v) is 11.2. The minimum absolute atomic E-state index is 0.361. The molecule has 18 heavy (non-hydrogen) atoms. The second-order valence-corrected chi connectivity index (χ2v) is 5.74. The molecule has 5 heteroatoms. The van der Waals surface area contributed by atoms with Crippen molar-refractivity contribution in [3.63, 3.8) is 0 Å². The van der Waals surface area contributed by atoms with Gasteiger partial charge in [0.05, 0.1) is 12.2 Å². The van der Waals surface area contributed by atoms with Crippen LogP contribution in [0, 0.1) is 0 Å². The largest absolute Gasteiger partial charge is 0.442 e. The Morgan fingerprint density at radius 1 is 1.28 bits per heavy atom. The van der Waals surface area contributed by atoms with Gasteiger partial charge in [0.15, 0.2) is 0 Å². The average molecular weight is 257 g/mol. The van der Waals surface area contributed by atoms with E-state index >= 15 is 0 Å². The number of amides is 1. The minimum atomic E-state index is -0.586. The second kappa shape index (κ2) is 6.20. The van der Waals surface area contributed by atoms with Crippen LogP contribution in [0.2, 0.25) is 0 Å². The summed E-state index contributed by atoms with van der Waals surface area (Å²) in [7, 11) is 0. The zero-order chi connectivity index (χ0) is 13.8. The topological polar surface area (TPSA) is 78.8 Å². The molecule has 0 radical (unpaired) electrons. The van der Waals surface area contributed by atoms with Crippen LogP contribution < -0.4 is 5.32 Å². The Hall–Kier alpha value is -1.07. The molecule has 0 fully saturated rings. The van der Waals surface area contributed by atoms with Gasteiger partial charge in [-0.2, -0.15) is 0 Å². The van der Waals surface area contributed by atoms with Gasteiger partial charge < -0.3 is 20.3 Å². The van der Waals surface area contributed by atoms with Crippen LogP contribution in [0.1, 0.15) is 40.0 Å². The lowest BCUT2D eigenvalue weighted by Crippen LogP contribution is -2.42. The highest BCUT2D eigenvalue weighted by molar-refractivity contribution is 5.68. The maximum absolute atomic E-state index is 11.6. The van der Waals surface area contributed by atoms with Gasteiger partial charge in [-0.05, 0) is 39.7 Å².